The minimum atomic E-state index is -0.611. The van der Waals surface area contributed by atoms with Crippen LogP contribution in [0.25, 0.3) is 17.4 Å². The minimum Gasteiger partial charge on any atom is -0.457 e. The van der Waals surface area contributed by atoms with Crippen LogP contribution in [0.3, 0.4) is 0 Å². The van der Waals surface area contributed by atoms with E-state index < -0.39 is 10.8 Å². The van der Waals surface area contributed by atoms with E-state index in [4.69, 9.17) is 51.4 Å². The first kappa shape index (κ1) is 22.8. The SMILES string of the molecule is O=C(/C=C/c1ccc(-c2cc(Cl)cc(Cl)c2)o1)NC(=S)Nc1ccc(Cl)cc1[N+](=O)[O-]. The third-order valence-corrected chi connectivity index (χ3v) is 4.69. The molecule has 31 heavy (non-hydrogen) atoms. The Hall–Kier alpha value is -2.91. The fraction of sp³-hybridized carbons (Fsp3) is 0. The molecule has 7 nitrogen and oxygen atoms in total. The predicted octanol–water partition coefficient (Wildman–Crippen LogP) is 6.34. The van der Waals surface area contributed by atoms with Crippen LogP contribution in [0, 0.1) is 10.1 Å². The first-order chi connectivity index (χ1) is 14.7. The van der Waals surface area contributed by atoms with Gasteiger partial charge in [-0.1, -0.05) is 34.8 Å². The van der Waals surface area contributed by atoms with Crippen LogP contribution in [0.2, 0.25) is 15.1 Å². The Bertz CT molecular complexity index is 1190. The molecule has 0 saturated heterocycles. The third kappa shape index (κ3) is 6.28. The number of rotatable bonds is 5. The number of nitro groups is 1. The van der Waals surface area contributed by atoms with Crippen LogP contribution in [0.15, 0.2) is 59.0 Å². The van der Waals surface area contributed by atoms with Gasteiger partial charge in [-0.2, -0.15) is 0 Å². The van der Waals surface area contributed by atoms with E-state index in [0.29, 0.717) is 27.1 Å². The molecule has 0 saturated carbocycles. The summed E-state index contributed by atoms with van der Waals surface area (Å²) in [6.45, 7) is 0. The fourth-order valence-corrected chi connectivity index (χ4v) is 3.42. The van der Waals surface area contributed by atoms with Crippen LogP contribution < -0.4 is 10.6 Å². The van der Waals surface area contributed by atoms with Crippen molar-refractivity contribution in [3.63, 3.8) is 0 Å². The van der Waals surface area contributed by atoms with E-state index in [0.717, 1.165) is 0 Å². The topological polar surface area (TPSA) is 97.4 Å². The maximum atomic E-state index is 12.1. The summed E-state index contributed by atoms with van der Waals surface area (Å²) in [6, 6.07) is 12.4. The molecule has 2 aromatic carbocycles. The Kier molecular flexibility index (Phi) is 7.29. The number of nitrogens with zero attached hydrogens (tertiary/aromatic N) is 1. The number of anilines is 1. The molecule has 0 unspecified atom stereocenters. The molecule has 158 valence electrons. The van der Waals surface area contributed by atoms with Gasteiger partial charge in [0.05, 0.1) is 4.92 Å². The highest BCUT2D eigenvalue weighted by Gasteiger charge is 2.15. The zero-order valence-corrected chi connectivity index (χ0v) is 18.5. The van der Waals surface area contributed by atoms with E-state index in [-0.39, 0.29) is 21.5 Å². The second kappa shape index (κ2) is 9.93. The maximum absolute atomic E-state index is 12.1. The second-order valence-electron chi connectivity index (χ2n) is 6.06. The molecule has 0 bridgehead atoms. The molecule has 11 heteroatoms. The number of amides is 1. The first-order valence-electron chi connectivity index (χ1n) is 8.51. The molecule has 3 rings (SSSR count). The molecule has 3 aromatic rings. The molecule has 0 atom stereocenters. The van der Waals surface area contributed by atoms with E-state index in [1.54, 1.807) is 30.3 Å². The van der Waals surface area contributed by atoms with Gasteiger partial charge in [0, 0.05) is 32.8 Å². The number of carbonyl (C=O) groups is 1. The molecule has 1 amide bonds. The molecule has 0 aliphatic rings. The number of nitrogens with one attached hydrogen (secondary N) is 2. The Morgan fingerprint density at radius 1 is 1.03 bits per heavy atom. The van der Waals surface area contributed by atoms with Crippen LogP contribution in [0.5, 0.6) is 0 Å². The molecule has 0 aliphatic heterocycles. The van der Waals surface area contributed by atoms with Crippen LogP contribution in [-0.4, -0.2) is 15.9 Å². The van der Waals surface area contributed by atoms with Crippen LogP contribution in [0.1, 0.15) is 5.76 Å². The van der Waals surface area contributed by atoms with E-state index in [2.05, 4.69) is 10.6 Å². The number of nitro benzene ring substituents is 1. The van der Waals surface area contributed by atoms with Crippen LogP contribution in [0.4, 0.5) is 11.4 Å². The average molecular weight is 497 g/mol. The summed E-state index contributed by atoms with van der Waals surface area (Å²) in [5.74, 6) is 0.378. The molecular weight excluding hydrogens is 485 g/mol. The van der Waals surface area contributed by atoms with Crippen LogP contribution >= 0.6 is 47.0 Å². The number of halogens is 3. The number of thiocarbonyl (C=S) groups is 1. The molecule has 0 fully saturated rings. The molecule has 0 radical (unpaired) electrons. The number of hydrogen-bond donors (Lipinski definition) is 2. The van der Waals surface area contributed by atoms with Gasteiger partial charge >= 0.3 is 0 Å². The number of carbonyl (C=O) groups excluding carboxylic acids is 1. The number of furan rings is 1. The quantitative estimate of drug-likeness (QED) is 0.185. The molecule has 1 heterocycles. The summed E-state index contributed by atoms with van der Waals surface area (Å²) in [4.78, 5) is 22.6. The largest absolute Gasteiger partial charge is 0.457 e. The van der Waals surface area contributed by atoms with Crippen LogP contribution in [-0.2, 0) is 4.79 Å². The number of benzene rings is 2. The molecule has 0 aliphatic carbocycles. The minimum absolute atomic E-state index is 0.0968. The van der Waals surface area contributed by atoms with Crippen molar-refractivity contribution in [1.29, 1.82) is 0 Å². The summed E-state index contributed by atoms with van der Waals surface area (Å²) in [5, 5.41) is 17.1. The van der Waals surface area contributed by atoms with Crippen molar-refractivity contribution < 1.29 is 14.1 Å². The first-order valence-corrected chi connectivity index (χ1v) is 10.1. The van der Waals surface area contributed by atoms with E-state index in [1.807, 2.05) is 0 Å². The van der Waals surface area contributed by atoms with Gasteiger partial charge in [0.15, 0.2) is 5.11 Å². The van der Waals surface area contributed by atoms with Gasteiger partial charge in [0.1, 0.15) is 17.2 Å². The summed E-state index contributed by atoms with van der Waals surface area (Å²) in [5.41, 5.74) is 0.514. The van der Waals surface area contributed by atoms with Gasteiger partial charge in [-0.3, -0.25) is 20.2 Å². The van der Waals surface area contributed by atoms with Crippen molar-refractivity contribution in [1.82, 2.24) is 5.32 Å². The average Bonchev–Trinajstić information content (AvgIpc) is 3.16. The van der Waals surface area contributed by atoms with Gasteiger partial charge in [0.2, 0.25) is 5.91 Å². The molecule has 1 aromatic heterocycles. The Morgan fingerprint density at radius 3 is 2.42 bits per heavy atom. The lowest BCUT2D eigenvalue weighted by Gasteiger charge is -2.08. The summed E-state index contributed by atoms with van der Waals surface area (Å²) in [6.07, 6.45) is 2.65. The van der Waals surface area contributed by atoms with E-state index >= 15 is 0 Å². The van der Waals surface area contributed by atoms with Crippen molar-refractivity contribution in [3.05, 3.63) is 85.5 Å². The Morgan fingerprint density at radius 2 is 1.74 bits per heavy atom. The Balaban J connectivity index is 1.63. The zero-order chi connectivity index (χ0) is 22.5. The highest BCUT2D eigenvalue weighted by Crippen LogP contribution is 2.29. The normalized spacial score (nSPS) is 10.8. The monoisotopic (exact) mass is 495 g/mol. The standard InChI is InChI=1S/C20H12Cl3N3O4S/c21-12-1-4-16(17(10-12)26(28)29)24-20(31)25-19(27)6-3-15-2-5-18(30-15)11-7-13(22)9-14(23)8-11/h1-10H,(H2,24,25,27,31)/b6-3+. The van der Waals surface area contributed by atoms with E-state index in [1.165, 1.54) is 30.4 Å². The van der Waals surface area contributed by atoms with Gasteiger partial charge in [-0.15, -0.1) is 0 Å². The summed E-state index contributed by atoms with van der Waals surface area (Å²) < 4.78 is 5.66. The van der Waals surface area contributed by atoms with Gasteiger partial charge < -0.3 is 9.73 Å². The summed E-state index contributed by atoms with van der Waals surface area (Å²) >= 11 is 22.8. The predicted molar refractivity (Wildman–Crippen MR) is 126 cm³/mol. The molecule has 2 N–H and O–H groups in total. The molecule has 0 spiro atoms. The Labute approximate surface area is 196 Å². The van der Waals surface area contributed by atoms with Crippen molar-refractivity contribution >= 4 is 75.5 Å². The van der Waals surface area contributed by atoms with Gasteiger partial charge in [-0.05, 0) is 60.8 Å². The zero-order valence-electron chi connectivity index (χ0n) is 15.4. The highest BCUT2D eigenvalue weighted by molar-refractivity contribution is 7.80. The fourth-order valence-electron chi connectivity index (χ4n) is 2.52. The lowest BCUT2D eigenvalue weighted by molar-refractivity contribution is -0.383. The number of hydrogen-bond acceptors (Lipinski definition) is 5. The molecular formula is C20H12Cl3N3O4S. The second-order valence-corrected chi connectivity index (χ2v) is 7.77. The highest BCUT2D eigenvalue weighted by atomic mass is 35.5. The van der Waals surface area contributed by atoms with E-state index in [9.17, 15) is 14.9 Å². The van der Waals surface area contributed by atoms with Gasteiger partial charge in [-0.25, -0.2) is 0 Å². The van der Waals surface area contributed by atoms with Crippen molar-refractivity contribution in [2.75, 3.05) is 5.32 Å². The van der Waals surface area contributed by atoms with Crippen molar-refractivity contribution in [3.8, 4) is 11.3 Å². The lowest BCUT2D eigenvalue weighted by atomic mass is 10.2. The smallest absolute Gasteiger partial charge is 0.294 e. The van der Waals surface area contributed by atoms with Crippen molar-refractivity contribution in [2.24, 2.45) is 0 Å². The lowest BCUT2D eigenvalue weighted by Crippen LogP contribution is -2.33. The third-order valence-electron chi connectivity index (χ3n) is 3.81. The summed E-state index contributed by atoms with van der Waals surface area (Å²) in [7, 11) is 0. The van der Waals surface area contributed by atoms with Gasteiger partial charge in [0.25, 0.3) is 5.69 Å². The van der Waals surface area contributed by atoms with Crippen molar-refractivity contribution in [2.45, 2.75) is 0 Å². The maximum Gasteiger partial charge on any atom is 0.294 e.